The van der Waals surface area contributed by atoms with E-state index < -0.39 is 23.4 Å². The highest BCUT2D eigenvalue weighted by atomic mass is 35.5. The first-order chi connectivity index (χ1) is 13.0. The number of carbonyl (C=O) groups excluding carboxylic acids is 2. The van der Waals surface area contributed by atoms with E-state index >= 15 is 0 Å². The number of nitriles is 1. The summed E-state index contributed by atoms with van der Waals surface area (Å²) in [5.74, 6) is -2.35. The summed E-state index contributed by atoms with van der Waals surface area (Å²) in [5, 5.41) is 13.2. The monoisotopic (exact) mass is 407 g/mol. The van der Waals surface area contributed by atoms with Crippen LogP contribution in [0.4, 0.5) is 4.39 Å². The summed E-state index contributed by atoms with van der Waals surface area (Å²) in [6.07, 6.45) is 0. The number of aryl methyl sites for hydroxylation is 1. The van der Waals surface area contributed by atoms with Crippen molar-refractivity contribution in [1.82, 2.24) is 9.78 Å². The van der Waals surface area contributed by atoms with Gasteiger partial charge in [0.15, 0.2) is 0 Å². The smallest absolute Gasteiger partial charge is 0.350 e. The molecule has 0 unspecified atom stereocenters. The van der Waals surface area contributed by atoms with Crippen LogP contribution in [0.5, 0.6) is 0 Å². The fourth-order valence-electron chi connectivity index (χ4n) is 2.56. The number of benzene rings is 1. The fourth-order valence-corrected chi connectivity index (χ4v) is 2.79. The van der Waals surface area contributed by atoms with Crippen molar-refractivity contribution in [2.75, 3.05) is 6.61 Å². The molecule has 1 heterocycles. The molecule has 0 saturated carbocycles. The summed E-state index contributed by atoms with van der Waals surface area (Å²) in [7, 11) is 1.56. The van der Waals surface area contributed by atoms with Gasteiger partial charge in [0.2, 0.25) is 5.60 Å². The molecule has 7 nitrogen and oxygen atoms in total. The zero-order valence-corrected chi connectivity index (χ0v) is 16.8. The fraction of sp³-hybridized carbons (Fsp3) is 0.368. The molecule has 0 aliphatic heterocycles. The third-order valence-electron chi connectivity index (χ3n) is 4.04. The van der Waals surface area contributed by atoms with Gasteiger partial charge in [-0.1, -0.05) is 11.6 Å². The van der Waals surface area contributed by atoms with E-state index in [0.29, 0.717) is 5.56 Å². The highest BCUT2D eigenvalue weighted by Gasteiger charge is 2.35. The minimum Gasteiger partial charge on any atom is -0.463 e. The maximum Gasteiger partial charge on any atom is 0.350 e. The van der Waals surface area contributed by atoms with Gasteiger partial charge in [-0.05, 0) is 39.8 Å². The average molecular weight is 408 g/mol. The summed E-state index contributed by atoms with van der Waals surface area (Å²) in [6, 6.07) is 4.14. The van der Waals surface area contributed by atoms with Crippen molar-refractivity contribution in [2.45, 2.75) is 33.3 Å². The predicted molar refractivity (Wildman–Crippen MR) is 99.2 cm³/mol. The number of halogens is 2. The Kier molecular flexibility index (Phi) is 6.10. The molecule has 148 valence electrons. The van der Waals surface area contributed by atoms with E-state index in [1.807, 2.05) is 6.07 Å². The van der Waals surface area contributed by atoms with Crippen LogP contribution in [0.2, 0.25) is 5.02 Å². The number of ether oxygens (including phenoxy) is 2. The van der Waals surface area contributed by atoms with Crippen molar-refractivity contribution in [2.24, 2.45) is 7.05 Å². The van der Waals surface area contributed by atoms with Gasteiger partial charge in [0.25, 0.3) is 0 Å². The second kappa shape index (κ2) is 7.98. The van der Waals surface area contributed by atoms with Crippen molar-refractivity contribution in [1.29, 1.82) is 5.26 Å². The second-order valence-corrected chi connectivity index (χ2v) is 6.90. The third-order valence-corrected chi connectivity index (χ3v) is 4.35. The Morgan fingerprint density at radius 1 is 1.39 bits per heavy atom. The molecule has 2 rings (SSSR count). The Balaban J connectivity index is 2.48. The number of rotatable bonds is 5. The van der Waals surface area contributed by atoms with Crippen molar-refractivity contribution >= 4 is 23.5 Å². The van der Waals surface area contributed by atoms with Gasteiger partial charge in [-0.3, -0.25) is 4.68 Å². The average Bonchev–Trinajstić information content (AvgIpc) is 2.88. The summed E-state index contributed by atoms with van der Waals surface area (Å²) in [6.45, 7) is 6.13. The van der Waals surface area contributed by atoms with Crippen LogP contribution in [-0.4, -0.2) is 33.9 Å². The number of carbonyl (C=O) groups is 2. The summed E-state index contributed by atoms with van der Waals surface area (Å²) >= 11 is 6.02. The largest absolute Gasteiger partial charge is 0.463 e. The highest BCUT2D eigenvalue weighted by Crippen LogP contribution is 2.32. The molecule has 0 amide bonds. The SMILES string of the molecule is CCOC(=O)C(C)(C)OC(=O)c1cc(-c2nn(C)c(C#N)c2C)c(F)cc1Cl. The van der Waals surface area contributed by atoms with Gasteiger partial charge in [-0.25, -0.2) is 14.0 Å². The maximum atomic E-state index is 14.5. The Morgan fingerprint density at radius 3 is 2.57 bits per heavy atom. The van der Waals surface area contributed by atoms with Crippen LogP contribution in [0, 0.1) is 24.1 Å². The molecule has 1 aromatic carbocycles. The lowest BCUT2D eigenvalue weighted by atomic mass is 10.0. The van der Waals surface area contributed by atoms with Crippen LogP contribution in [0.25, 0.3) is 11.3 Å². The Hall–Kier alpha value is -2.92. The zero-order chi connectivity index (χ0) is 21.2. The van der Waals surface area contributed by atoms with Crippen LogP contribution >= 0.6 is 11.6 Å². The van der Waals surface area contributed by atoms with Crippen LogP contribution < -0.4 is 0 Å². The van der Waals surface area contributed by atoms with E-state index in [2.05, 4.69) is 5.10 Å². The number of hydrogen-bond acceptors (Lipinski definition) is 6. The predicted octanol–water partition coefficient (Wildman–Crippen LogP) is 3.56. The summed E-state index contributed by atoms with van der Waals surface area (Å²) < 4.78 is 26.0. The molecule has 28 heavy (non-hydrogen) atoms. The van der Waals surface area contributed by atoms with E-state index in [4.69, 9.17) is 21.1 Å². The number of hydrogen-bond donors (Lipinski definition) is 0. The topological polar surface area (TPSA) is 94.2 Å². The van der Waals surface area contributed by atoms with Crippen LogP contribution in [0.3, 0.4) is 0 Å². The molecule has 1 aromatic heterocycles. The van der Waals surface area contributed by atoms with Gasteiger partial charge in [-0.2, -0.15) is 10.4 Å². The first-order valence-electron chi connectivity index (χ1n) is 8.37. The Labute approximate surface area is 166 Å². The normalized spacial score (nSPS) is 11.1. The molecule has 9 heteroatoms. The lowest BCUT2D eigenvalue weighted by molar-refractivity contribution is -0.161. The van der Waals surface area contributed by atoms with Gasteiger partial charge < -0.3 is 9.47 Å². The van der Waals surface area contributed by atoms with Gasteiger partial charge in [-0.15, -0.1) is 0 Å². The van der Waals surface area contributed by atoms with Crippen LogP contribution in [0.15, 0.2) is 12.1 Å². The van der Waals surface area contributed by atoms with E-state index in [9.17, 15) is 19.2 Å². The maximum absolute atomic E-state index is 14.5. The molecule has 0 N–H and O–H groups in total. The van der Waals surface area contributed by atoms with Crippen molar-refractivity contribution in [3.63, 3.8) is 0 Å². The van der Waals surface area contributed by atoms with Gasteiger partial charge >= 0.3 is 11.9 Å². The summed E-state index contributed by atoms with van der Waals surface area (Å²) in [4.78, 5) is 24.5. The number of esters is 2. The Bertz CT molecular complexity index is 992. The third kappa shape index (κ3) is 3.99. The number of nitrogens with zero attached hydrogens (tertiary/aromatic N) is 3. The molecular weight excluding hydrogens is 389 g/mol. The quantitative estimate of drug-likeness (QED) is 0.703. The molecule has 0 atom stereocenters. The first kappa shape index (κ1) is 21.4. The molecule has 0 aliphatic rings. The van der Waals surface area contributed by atoms with Crippen molar-refractivity contribution in [3.8, 4) is 17.3 Å². The molecular formula is C19H19ClFN3O4. The number of aromatic nitrogens is 2. The van der Waals surface area contributed by atoms with Crippen LogP contribution in [-0.2, 0) is 21.3 Å². The van der Waals surface area contributed by atoms with E-state index in [1.54, 1.807) is 20.9 Å². The van der Waals surface area contributed by atoms with E-state index in [0.717, 1.165) is 6.07 Å². The van der Waals surface area contributed by atoms with Gasteiger partial charge in [0, 0.05) is 18.2 Å². The molecule has 0 bridgehead atoms. The van der Waals surface area contributed by atoms with Crippen LogP contribution in [0.1, 0.15) is 42.4 Å². The molecule has 0 aliphatic carbocycles. The van der Waals surface area contributed by atoms with Gasteiger partial charge in [0.1, 0.15) is 17.6 Å². The molecule has 0 fully saturated rings. The van der Waals surface area contributed by atoms with E-state index in [1.165, 1.54) is 24.6 Å². The molecule has 0 radical (unpaired) electrons. The minimum atomic E-state index is -1.56. The molecule has 2 aromatic rings. The Morgan fingerprint density at radius 2 is 2.04 bits per heavy atom. The highest BCUT2D eigenvalue weighted by molar-refractivity contribution is 6.33. The summed E-state index contributed by atoms with van der Waals surface area (Å²) in [5.41, 5.74) is -0.792. The molecule has 0 saturated heterocycles. The minimum absolute atomic E-state index is 0.0140. The van der Waals surface area contributed by atoms with Crippen molar-refractivity contribution in [3.05, 3.63) is 39.8 Å². The van der Waals surface area contributed by atoms with Gasteiger partial charge in [0.05, 0.1) is 22.9 Å². The standard InChI is InChI=1S/C19H19ClFN3O4/c1-6-27-18(26)19(3,4)28-17(25)11-7-12(14(21)8-13(11)20)16-10(2)15(9-22)24(5)23-16/h7-8H,6H2,1-5H3. The lowest BCUT2D eigenvalue weighted by Gasteiger charge is -2.23. The zero-order valence-electron chi connectivity index (χ0n) is 16.1. The second-order valence-electron chi connectivity index (χ2n) is 6.49. The van der Waals surface area contributed by atoms with Crippen molar-refractivity contribution < 1.29 is 23.5 Å². The van der Waals surface area contributed by atoms with E-state index in [-0.39, 0.29) is 34.1 Å². The lowest BCUT2D eigenvalue weighted by Crippen LogP contribution is -2.38. The molecule has 0 spiro atoms. The first-order valence-corrected chi connectivity index (χ1v) is 8.75.